The van der Waals surface area contributed by atoms with E-state index in [2.05, 4.69) is 15.4 Å². The van der Waals surface area contributed by atoms with Crippen molar-refractivity contribution in [3.05, 3.63) is 24.3 Å². The van der Waals surface area contributed by atoms with Crippen LogP contribution in [0.5, 0.6) is 5.75 Å². The molecule has 2 rings (SSSR count). The highest BCUT2D eigenvalue weighted by molar-refractivity contribution is 7.99. The minimum atomic E-state index is -4.84. The molecule has 1 saturated heterocycles. The van der Waals surface area contributed by atoms with E-state index in [0.717, 1.165) is 23.6 Å². The third-order valence-electron chi connectivity index (χ3n) is 5.09. The molecule has 198 valence electrons. The molecule has 0 aromatic heterocycles. The van der Waals surface area contributed by atoms with Crippen LogP contribution in [-0.2, 0) is 9.59 Å². The molecule has 1 fully saturated rings. The largest absolute Gasteiger partial charge is 0.573 e. The van der Waals surface area contributed by atoms with Crippen LogP contribution in [0.25, 0.3) is 0 Å². The normalized spacial score (nSPS) is 17.4. The third kappa shape index (κ3) is 9.74. The van der Waals surface area contributed by atoms with Gasteiger partial charge in [-0.05, 0) is 61.5 Å². The number of rotatable bonds is 13. The summed E-state index contributed by atoms with van der Waals surface area (Å²) in [6.45, 7) is 2.25. The first kappa shape index (κ1) is 30.8. The van der Waals surface area contributed by atoms with Gasteiger partial charge in [-0.3, -0.25) is 19.8 Å². The summed E-state index contributed by atoms with van der Waals surface area (Å²) in [5.74, 6) is 0.148. The first-order valence-electron chi connectivity index (χ1n) is 10.8. The Hall–Kier alpha value is -2.22. The maximum absolute atomic E-state index is 12.3. The van der Waals surface area contributed by atoms with E-state index in [9.17, 15) is 32.7 Å². The number of amides is 4. The number of nitrogens with one attached hydrogen (secondary N) is 2. The topological polar surface area (TPSA) is 134 Å². The van der Waals surface area contributed by atoms with E-state index in [-0.39, 0.29) is 31.1 Å². The van der Waals surface area contributed by atoms with Gasteiger partial charge in [-0.2, -0.15) is 11.8 Å². The minimum absolute atomic E-state index is 0. The number of nitrogens with zero attached hydrogens (tertiary/aromatic N) is 1. The van der Waals surface area contributed by atoms with E-state index < -0.39 is 48.1 Å². The standard InChI is InChI=1S/C21H29F3N4O5S.ClH/c1-2-34-12-10-15(25)17(29)19(31)26-11-4-3-5-16-18(30)27-20(32)28(16)13-6-8-14(9-7-13)33-21(22,23)24;/h6-9,15-17,29H,2-5,10-12,25H2,1H3,(H,26,31)(H,27,30,32);1H/t15-,16+,17?;/m1./s1. The van der Waals surface area contributed by atoms with Crippen molar-refractivity contribution in [1.82, 2.24) is 10.6 Å². The van der Waals surface area contributed by atoms with Crippen molar-refractivity contribution >= 4 is 47.7 Å². The van der Waals surface area contributed by atoms with Crippen LogP contribution in [-0.4, -0.2) is 65.6 Å². The highest BCUT2D eigenvalue weighted by atomic mass is 35.5. The molecule has 0 radical (unpaired) electrons. The van der Waals surface area contributed by atoms with Crippen molar-refractivity contribution < 1.29 is 37.4 Å². The van der Waals surface area contributed by atoms with Crippen LogP contribution in [0, 0.1) is 0 Å². The SMILES string of the molecule is CCSCC[C@@H](N)C(O)C(=O)NCCCC[C@H]1C(=O)NC(=O)N1c1ccc(OC(F)(F)F)cc1.Cl. The molecule has 9 nitrogen and oxygen atoms in total. The Morgan fingerprint density at radius 3 is 2.54 bits per heavy atom. The monoisotopic (exact) mass is 542 g/mol. The van der Waals surface area contributed by atoms with Crippen LogP contribution in [0.2, 0.25) is 0 Å². The summed E-state index contributed by atoms with van der Waals surface area (Å²) in [5.41, 5.74) is 6.09. The van der Waals surface area contributed by atoms with Gasteiger partial charge in [-0.1, -0.05) is 6.92 Å². The van der Waals surface area contributed by atoms with Gasteiger partial charge in [0, 0.05) is 18.3 Å². The summed E-state index contributed by atoms with van der Waals surface area (Å²) in [7, 11) is 0. The number of hydrogen-bond donors (Lipinski definition) is 4. The lowest BCUT2D eigenvalue weighted by Gasteiger charge is -2.22. The van der Waals surface area contributed by atoms with E-state index in [0.29, 0.717) is 19.3 Å². The molecule has 0 aliphatic carbocycles. The Morgan fingerprint density at radius 2 is 1.94 bits per heavy atom. The lowest BCUT2D eigenvalue weighted by atomic mass is 10.1. The van der Waals surface area contributed by atoms with Gasteiger partial charge in [-0.15, -0.1) is 25.6 Å². The van der Waals surface area contributed by atoms with Gasteiger partial charge in [0.05, 0.1) is 0 Å². The van der Waals surface area contributed by atoms with Gasteiger partial charge in [0.15, 0.2) is 0 Å². The van der Waals surface area contributed by atoms with Gasteiger partial charge in [0.25, 0.3) is 5.91 Å². The van der Waals surface area contributed by atoms with Crippen molar-refractivity contribution in [3.63, 3.8) is 0 Å². The number of benzene rings is 1. The van der Waals surface area contributed by atoms with Crippen molar-refractivity contribution in [2.24, 2.45) is 5.73 Å². The van der Waals surface area contributed by atoms with Crippen LogP contribution in [0.1, 0.15) is 32.6 Å². The third-order valence-corrected chi connectivity index (χ3v) is 6.02. The van der Waals surface area contributed by atoms with Crippen molar-refractivity contribution in [2.45, 2.75) is 57.2 Å². The zero-order chi connectivity index (χ0) is 25.3. The van der Waals surface area contributed by atoms with E-state index in [1.807, 2.05) is 6.92 Å². The lowest BCUT2D eigenvalue weighted by molar-refractivity contribution is -0.274. The molecule has 14 heteroatoms. The molecule has 1 unspecified atom stereocenters. The van der Waals surface area contributed by atoms with E-state index in [4.69, 9.17) is 5.73 Å². The Morgan fingerprint density at radius 1 is 1.29 bits per heavy atom. The number of unbranched alkanes of at least 4 members (excludes halogenated alkanes) is 1. The Balaban J connectivity index is 0.00000612. The molecule has 4 amide bonds. The second-order valence-corrected chi connectivity index (χ2v) is 9.00. The van der Waals surface area contributed by atoms with Crippen LogP contribution < -0.4 is 26.0 Å². The quantitative estimate of drug-likeness (QED) is 0.222. The maximum atomic E-state index is 12.3. The summed E-state index contributed by atoms with van der Waals surface area (Å²) < 4.78 is 40.8. The molecule has 1 aliphatic heterocycles. The summed E-state index contributed by atoms with van der Waals surface area (Å²) in [6.07, 6.45) is -4.43. The Labute approximate surface area is 211 Å². The molecule has 0 saturated carbocycles. The first-order chi connectivity index (χ1) is 16.0. The fraction of sp³-hybridized carbons (Fsp3) is 0.571. The number of anilines is 1. The minimum Gasteiger partial charge on any atom is -0.406 e. The zero-order valence-corrected chi connectivity index (χ0v) is 20.7. The number of aliphatic hydroxyl groups excluding tert-OH is 1. The zero-order valence-electron chi connectivity index (χ0n) is 19.0. The average molecular weight is 543 g/mol. The number of hydrogen-bond acceptors (Lipinski definition) is 7. The van der Waals surface area contributed by atoms with Gasteiger partial charge < -0.3 is 20.9 Å². The maximum Gasteiger partial charge on any atom is 0.573 e. The van der Waals surface area contributed by atoms with Crippen molar-refractivity contribution in [3.8, 4) is 5.75 Å². The molecule has 35 heavy (non-hydrogen) atoms. The number of carbonyl (C=O) groups excluding carboxylic acids is 3. The molecule has 1 aromatic rings. The smallest absolute Gasteiger partial charge is 0.406 e. The number of ether oxygens (including phenoxy) is 1. The van der Waals surface area contributed by atoms with Gasteiger partial charge in [-0.25, -0.2) is 4.79 Å². The number of alkyl halides is 3. The fourth-order valence-electron chi connectivity index (χ4n) is 3.37. The molecule has 5 N–H and O–H groups in total. The van der Waals surface area contributed by atoms with Gasteiger partial charge in [0.1, 0.15) is 17.9 Å². The Bertz CT molecular complexity index is 847. The van der Waals surface area contributed by atoms with Crippen LogP contribution in [0.3, 0.4) is 0 Å². The lowest BCUT2D eigenvalue weighted by Crippen LogP contribution is -2.46. The van der Waals surface area contributed by atoms with Gasteiger partial charge >= 0.3 is 12.4 Å². The van der Waals surface area contributed by atoms with Crippen LogP contribution in [0.4, 0.5) is 23.7 Å². The number of thioether (sulfide) groups is 1. The summed E-state index contributed by atoms with van der Waals surface area (Å²) in [6, 6.07) is 2.46. The Kier molecular flexibility index (Phi) is 12.6. The van der Waals surface area contributed by atoms with E-state index in [1.165, 1.54) is 17.0 Å². The van der Waals surface area contributed by atoms with Crippen LogP contribution >= 0.6 is 24.2 Å². The molecular weight excluding hydrogens is 513 g/mol. The number of urea groups is 1. The highest BCUT2D eigenvalue weighted by Crippen LogP contribution is 2.28. The van der Waals surface area contributed by atoms with Crippen molar-refractivity contribution in [2.75, 3.05) is 23.0 Å². The summed E-state index contributed by atoms with van der Waals surface area (Å²) in [4.78, 5) is 37.6. The second-order valence-electron chi connectivity index (χ2n) is 7.60. The summed E-state index contributed by atoms with van der Waals surface area (Å²) >= 11 is 1.67. The molecular formula is C21H30ClF3N4O5S. The number of halogens is 4. The number of nitrogens with two attached hydrogens (primary N) is 1. The predicted octanol–water partition coefficient (Wildman–Crippen LogP) is 2.55. The summed E-state index contributed by atoms with van der Waals surface area (Å²) in [5, 5.41) is 14.8. The van der Waals surface area contributed by atoms with Crippen LogP contribution in [0.15, 0.2) is 24.3 Å². The number of carbonyl (C=O) groups is 3. The molecule has 1 aromatic carbocycles. The molecule has 3 atom stereocenters. The number of imide groups is 1. The predicted molar refractivity (Wildman–Crippen MR) is 129 cm³/mol. The second kappa shape index (κ2) is 14.4. The van der Waals surface area contributed by atoms with E-state index >= 15 is 0 Å². The first-order valence-corrected chi connectivity index (χ1v) is 12.0. The molecule has 0 bridgehead atoms. The fourth-order valence-corrected chi connectivity index (χ4v) is 4.10. The number of aliphatic hydroxyl groups is 1. The average Bonchev–Trinajstić information content (AvgIpc) is 3.05. The highest BCUT2D eigenvalue weighted by Gasteiger charge is 2.39. The molecule has 0 spiro atoms. The van der Waals surface area contributed by atoms with Crippen molar-refractivity contribution in [1.29, 1.82) is 0 Å². The molecule has 1 aliphatic rings. The van der Waals surface area contributed by atoms with Gasteiger partial charge in [0.2, 0.25) is 5.91 Å². The molecule has 1 heterocycles. The van der Waals surface area contributed by atoms with E-state index in [1.54, 1.807) is 11.8 Å².